The summed E-state index contributed by atoms with van der Waals surface area (Å²) >= 11 is 0. The molecule has 1 atom stereocenters. The van der Waals surface area contributed by atoms with E-state index in [9.17, 15) is 4.79 Å². The van der Waals surface area contributed by atoms with Crippen molar-refractivity contribution in [1.82, 2.24) is 14.9 Å². The van der Waals surface area contributed by atoms with Crippen LogP contribution in [0.25, 0.3) is 0 Å². The molecule has 0 radical (unpaired) electrons. The van der Waals surface area contributed by atoms with E-state index in [0.717, 1.165) is 19.5 Å². The Balaban J connectivity index is 2.00. The van der Waals surface area contributed by atoms with Crippen LogP contribution in [0, 0.1) is 5.92 Å². The van der Waals surface area contributed by atoms with Crippen LogP contribution in [0.5, 0.6) is 0 Å². The highest BCUT2D eigenvalue weighted by Crippen LogP contribution is 2.17. The standard InChI is InChI=1S/C14H20N4O/c1-3-6-15-14-16-8-12(9-17-14)13(19)18-7-4-5-11(2)10-18/h3,8-9,11H,1,4-7,10H2,2H3,(H,15,16,17). The average molecular weight is 260 g/mol. The van der Waals surface area contributed by atoms with E-state index < -0.39 is 0 Å². The Bertz CT molecular complexity index is 443. The number of carbonyl (C=O) groups is 1. The highest BCUT2D eigenvalue weighted by atomic mass is 16.2. The lowest BCUT2D eigenvalue weighted by molar-refractivity contribution is 0.0682. The van der Waals surface area contributed by atoms with Gasteiger partial charge in [-0.05, 0) is 18.8 Å². The molecule has 1 unspecified atom stereocenters. The van der Waals surface area contributed by atoms with E-state index in [2.05, 4.69) is 28.8 Å². The first-order valence-electron chi connectivity index (χ1n) is 6.67. The van der Waals surface area contributed by atoms with Gasteiger partial charge in [0.2, 0.25) is 5.95 Å². The fourth-order valence-electron chi connectivity index (χ4n) is 2.25. The van der Waals surface area contributed by atoms with E-state index in [0.29, 0.717) is 24.0 Å². The van der Waals surface area contributed by atoms with Crippen LogP contribution in [-0.4, -0.2) is 40.4 Å². The second-order valence-electron chi connectivity index (χ2n) is 4.96. The molecule has 1 saturated heterocycles. The van der Waals surface area contributed by atoms with E-state index >= 15 is 0 Å². The third-order valence-corrected chi connectivity index (χ3v) is 3.25. The van der Waals surface area contributed by atoms with Crippen molar-refractivity contribution in [3.05, 3.63) is 30.6 Å². The smallest absolute Gasteiger partial charge is 0.257 e. The van der Waals surface area contributed by atoms with Gasteiger partial charge in [-0.15, -0.1) is 6.58 Å². The Morgan fingerprint density at radius 1 is 1.58 bits per heavy atom. The lowest BCUT2D eigenvalue weighted by Crippen LogP contribution is -2.39. The summed E-state index contributed by atoms with van der Waals surface area (Å²) in [7, 11) is 0. The second-order valence-corrected chi connectivity index (χ2v) is 4.96. The van der Waals surface area contributed by atoms with Crippen molar-refractivity contribution in [3.8, 4) is 0 Å². The molecule has 1 N–H and O–H groups in total. The minimum Gasteiger partial charge on any atom is -0.351 e. The van der Waals surface area contributed by atoms with Gasteiger partial charge in [-0.3, -0.25) is 4.79 Å². The molecule has 0 aromatic carbocycles. The number of hydrogen-bond acceptors (Lipinski definition) is 4. The Morgan fingerprint density at radius 3 is 2.95 bits per heavy atom. The molecule has 102 valence electrons. The molecule has 1 aliphatic rings. The molecule has 1 fully saturated rings. The van der Waals surface area contributed by atoms with E-state index in [1.165, 1.54) is 6.42 Å². The van der Waals surface area contributed by atoms with E-state index in [-0.39, 0.29) is 5.91 Å². The number of nitrogens with one attached hydrogen (secondary N) is 1. The maximum absolute atomic E-state index is 12.3. The molecule has 19 heavy (non-hydrogen) atoms. The first kappa shape index (κ1) is 13.5. The van der Waals surface area contributed by atoms with Gasteiger partial charge in [0.05, 0.1) is 5.56 Å². The highest BCUT2D eigenvalue weighted by Gasteiger charge is 2.22. The van der Waals surface area contributed by atoms with E-state index in [1.54, 1.807) is 18.5 Å². The molecule has 2 rings (SSSR count). The summed E-state index contributed by atoms with van der Waals surface area (Å²) in [4.78, 5) is 22.4. The predicted molar refractivity (Wildman–Crippen MR) is 75.0 cm³/mol. The van der Waals surface area contributed by atoms with Crippen molar-refractivity contribution in [2.45, 2.75) is 19.8 Å². The number of likely N-dealkylation sites (tertiary alicyclic amines) is 1. The molecule has 5 heteroatoms. The second kappa shape index (κ2) is 6.31. The topological polar surface area (TPSA) is 58.1 Å². The Hall–Kier alpha value is -1.91. The number of rotatable bonds is 4. The van der Waals surface area contributed by atoms with Gasteiger partial charge >= 0.3 is 0 Å². The van der Waals surface area contributed by atoms with Crippen LogP contribution < -0.4 is 5.32 Å². The molecule has 0 bridgehead atoms. The van der Waals surface area contributed by atoms with Crippen molar-refractivity contribution in [1.29, 1.82) is 0 Å². The summed E-state index contributed by atoms with van der Waals surface area (Å²) < 4.78 is 0. The molecule has 1 aliphatic heterocycles. The van der Waals surface area contributed by atoms with Crippen LogP contribution in [0.2, 0.25) is 0 Å². The molecule has 1 aromatic rings. The maximum Gasteiger partial charge on any atom is 0.257 e. The number of piperidine rings is 1. The van der Waals surface area contributed by atoms with Crippen LogP contribution >= 0.6 is 0 Å². The molecule has 0 aliphatic carbocycles. The number of amides is 1. The normalized spacial score (nSPS) is 19.0. The molecular weight excluding hydrogens is 240 g/mol. The van der Waals surface area contributed by atoms with Crippen LogP contribution in [0.3, 0.4) is 0 Å². The molecule has 1 amide bonds. The number of aromatic nitrogens is 2. The summed E-state index contributed by atoms with van der Waals surface area (Å²) in [6, 6.07) is 0. The van der Waals surface area contributed by atoms with Crippen molar-refractivity contribution < 1.29 is 4.79 Å². The lowest BCUT2D eigenvalue weighted by atomic mass is 10.00. The number of carbonyl (C=O) groups excluding carboxylic acids is 1. The lowest BCUT2D eigenvalue weighted by Gasteiger charge is -2.30. The number of anilines is 1. The van der Waals surface area contributed by atoms with Crippen molar-refractivity contribution >= 4 is 11.9 Å². The van der Waals surface area contributed by atoms with Crippen molar-refractivity contribution in [2.75, 3.05) is 25.0 Å². The van der Waals surface area contributed by atoms with Gasteiger partial charge in [-0.1, -0.05) is 13.0 Å². The number of nitrogens with zero attached hydrogens (tertiary/aromatic N) is 3. The zero-order valence-electron chi connectivity index (χ0n) is 11.3. The van der Waals surface area contributed by atoms with Crippen LogP contribution in [0.4, 0.5) is 5.95 Å². The first-order valence-corrected chi connectivity index (χ1v) is 6.67. The maximum atomic E-state index is 12.3. The molecule has 0 spiro atoms. The fraction of sp³-hybridized carbons (Fsp3) is 0.500. The number of hydrogen-bond donors (Lipinski definition) is 1. The Morgan fingerprint density at radius 2 is 2.32 bits per heavy atom. The van der Waals surface area contributed by atoms with Gasteiger partial charge in [-0.25, -0.2) is 9.97 Å². The first-order chi connectivity index (χ1) is 9.20. The van der Waals surface area contributed by atoms with Crippen LogP contribution in [0.15, 0.2) is 25.0 Å². The molecule has 1 aromatic heterocycles. The van der Waals surface area contributed by atoms with E-state index in [1.807, 2.05) is 4.90 Å². The van der Waals surface area contributed by atoms with E-state index in [4.69, 9.17) is 0 Å². The van der Waals surface area contributed by atoms with Crippen LogP contribution in [-0.2, 0) is 0 Å². The largest absolute Gasteiger partial charge is 0.351 e. The molecule has 2 heterocycles. The fourth-order valence-corrected chi connectivity index (χ4v) is 2.25. The minimum atomic E-state index is 0.0295. The zero-order valence-corrected chi connectivity index (χ0v) is 11.3. The monoisotopic (exact) mass is 260 g/mol. The average Bonchev–Trinajstić information content (AvgIpc) is 2.45. The molecule has 5 nitrogen and oxygen atoms in total. The van der Waals surface area contributed by atoms with Gasteiger partial charge in [0.25, 0.3) is 5.91 Å². The van der Waals surface area contributed by atoms with Gasteiger partial charge in [0.15, 0.2) is 0 Å². The molecule has 0 saturated carbocycles. The minimum absolute atomic E-state index is 0.0295. The third kappa shape index (κ3) is 3.53. The highest BCUT2D eigenvalue weighted by molar-refractivity contribution is 5.93. The predicted octanol–water partition coefficient (Wildman–Crippen LogP) is 1.95. The van der Waals surface area contributed by atoms with Gasteiger partial charge < -0.3 is 10.2 Å². The van der Waals surface area contributed by atoms with Gasteiger partial charge in [-0.2, -0.15) is 0 Å². The summed E-state index contributed by atoms with van der Waals surface area (Å²) in [5.41, 5.74) is 0.554. The SMILES string of the molecule is C=CCNc1ncc(C(=O)N2CCCC(C)C2)cn1. The summed E-state index contributed by atoms with van der Waals surface area (Å²) in [6.45, 7) is 8.06. The van der Waals surface area contributed by atoms with Gasteiger partial charge in [0.1, 0.15) is 0 Å². The van der Waals surface area contributed by atoms with Crippen LogP contribution in [0.1, 0.15) is 30.1 Å². The summed E-state index contributed by atoms with van der Waals surface area (Å²) in [5.74, 6) is 1.12. The Labute approximate surface area is 113 Å². The van der Waals surface area contributed by atoms with Crippen molar-refractivity contribution in [2.24, 2.45) is 5.92 Å². The zero-order chi connectivity index (χ0) is 13.7. The summed E-state index contributed by atoms with van der Waals surface area (Å²) in [6.07, 6.45) is 7.18. The van der Waals surface area contributed by atoms with Crippen molar-refractivity contribution in [3.63, 3.8) is 0 Å². The molecular formula is C14H20N4O. The Kier molecular flexibility index (Phi) is 4.49. The van der Waals surface area contributed by atoms with Gasteiger partial charge in [0, 0.05) is 32.0 Å². The quantitative estimate of drug-likeness (QED) is 0.841. The summed E-state index contributed by atoms with van der Waals surface area (Å²) in [5, 5.41) is 2.98. The third-order valence-electron chi connectivity index (χ3n) is 3.25.